The first-order valence-corrected chi connectivity index (χ1v) is 6.94. The molecule has 0 aliphatic heterocycles. The second-order valence-electron chi connectivity index (χ2n) is 5.72. The molecule has 0 aliphatic carbocycles. The first kappa shape index (κ1) is 14.2. The molecule has 2 aromatic rings. The normalized spacial score (nSPS) is 10.8. The monoisotopic (exact) mass is 267 g/mol. The molecule has 0 unspecified atom stereocenters. The van der Waals surface area contributed by atoms with Gasteiger partial charge in [-0.15, -0.1) is 0 Å². The van der Waals surface area contributed by atoms with Gasteiger partial charge >= 0.3 is 0 Å². The molecule has 3 heteroatoms. The van der Waals surface area contributed by atoms with Crippen molar-refractivity contribution in [2.24, 2.45) is 5.92 Å². The fraction of sp³-hybridized carbons (Fsp3) is 0.353. The smallest absolute Gasteiger partial charge is 0.122 e. The van der Waals surface area contributed by atoms with E-state index in [-0.39, 0.29) is 0 Å². The summed E-state index contributed by atoms with van der Waals surface area (Å²) in [6.45, 7) is 7.10. The van der Waals surface area contributed by atoms with Gasteiger partial charge in [0.1, 0.15) is 11.8 Å². The third-order valence-electron chi connectivity index (χ3n) is 3.38. The molecular weight excluding hydrogens is 246 g/mol. The number of benzene rings is 1. The van der Waals surface area contributed by atoms with E-state index in [1.165, 1.54) is 11.1 Å². The fourth-order valence-electron chi connectivity index (χ4n) is 2.49. The molecule has 1 aromatic heterocycles. The Labute approximate surface area is 120 Å². The predicted octanol–water partition coefficient (Wildman–Crippen LogP) is 3.50. The minimum absolute atomic E-state index is 0.509. The summed E-state index contributed by atoms with van der Waals surface area (Å²) in [4.78, 5) is 0. The van der Waals surface area contributed by atoms with Crippen LogP contribution in [0.4, 0.5) is 5.69 Å². The van der Waals surface area contributed by atoms with E-state index < -0.39 is 0 Å². The Balaban J connectivity index is 2.41. The van der Waals surface area contributed by atoms with E-state index in [1.54, 1.807) is 6.07 Å². The third kappa shape index (κ3) is 3.03. The number of nitrogen functional groups attached to an aromatic ring is 1. The van der Waals surface area contributed by atoms with Gasteiger partial charge in [0.25, 0.3) is 0 Å². The predicted molar refractivity (Wildman–Crippen MR) is 82.4 cm³/mol. The lowest BCUT2D eigenvalue weighted by molar-refractivity contribution is 0.604. The zero-order chi connectivity index (χ0) is 14.7. The standard InChI is InChI=1S/C17H21N3/c1-12(2)7-17-16(19)9-15(10-18)20(17)11-14-6-4-5-13(3)8-14/h4-6,8-9,12H,7,11,19H2,1-3H3. The second kappa shape index (κ2) is 5.83. The summed E-state index contributed by atoms with van der Waals surface area (Å²) in [5.41, 5.74) is 10.9. The van der Waals surface area contributed by atoms with Gasteiger partial charge in [0, 0.05) is 12.2 Å². The summed E-state index contributed by atoms with van der Waals surface area (Å²) < 4.78 is 2.05. The summed E-state index contributed by atoms with van der Waals surface area (Å²) in [6, 6.07) is 12.4. The molecule has 0 bridgehead atoms. The second-order valence-corrected chi connectivity index (χ2v) is 5.72. The zero-order valence-electron chi connectivity index (χ0n) is 12.4. The minimum atomic E-state index is 0.509. The SMILES string of the molecule is Cc1cccc(Cn2c(C#N)cc(N)c2CC(C)C)c1. The molecule has 20 heavy (non-hydrogen) atoms. The Bertz CT molecular complexity index is 645. The molecule has 0 spiro atoms. The quantitative estimate of drug-likeness (QED) is 0.921. The molecule has 104 valence electrons. The van der Waals surface area contributed by atoms with Gasteiger partial charge in [-0.05, 0) is 30.9 Å². The molecule has 1 aromatic carbocycles. The van der Waals surface area contributed by atoms with E-state index in [0.29, 0.717) is 18.2 Å². The molecular formula is C17H21N3. The molecule has 2 rings (SSSR count). The van der Waals surface area contributed by atoms with Crippen LogP contribution in [0.25, 0.3) is 0 Å². The highest BCUT2D eigenvalue weighted by Gasteiger charge is 2.14. The fourth-order valence-corrected chi connectivity index (χ4v) is 2.49. The molecule has 0 amide bonds. The topological polar surface area (TPSA) is 54.7 Å². The Morgan fingerprint density at radius 1 is 1.30 bits per heavy atom. The summed E-state index contributed by atoms with van der Waals surface area (Å²) in [5, 5.41) is 9.30. The molecule has 0 saturated carbocycles. The van der Waals surface area contributed by atoms with Crippen LogP contribution >= 0.6 is 0 Å². The van der Waals surface area contributed by atoms with Gasteiger partial charge in [0.15, 0.2) is 0 Å². The number of nitrogens with zero attached hydrogens (tertiary/aromatic N) is 2. The summed E-state index contributed by atoms with van der Waals surface area (Å²) in [7, 11) is 0. The van der Waals surface area contributed by atoms with Crippen LogP contribution in [0.1, 0.15) is 36.4 Å². The van der Waals surface area contributed by atoms with E-state index in [0.717, 1.165) is 17.8 Å². The lowest BCUT2D eigenvalue weighted by Gasteiger charge is -2.13. The van der Waals surface area contributed by atoms with Crippen molar-refractivity contribution in [3.05, 3.63) is 52.8 Å². The van der Waals surface area contributed by atoms with Crippen molar-refractivity contribution in [1.29, 1.82) is 5.26 Å². The van der Waals surface area contributed by atoms with Crippen LogP contribution in [0.2, 0.25) is 0 Å². The van der Waals surface area contributed by atoms with Crippen molar-refractivity contribution in [3.63, 3.8) is 0 Å². The number of rotatable bonds is 4. The van der Waals surface area contributed by atoms with Gasteiger partial charge in [-0.3, -0.25) is 0 Å². The number of nitrogens with two attached hydrogens (primary N) is 1. The van der Waals surface area contributed by atoms with Crippen molar-refractivity contribution in [1.82, 2.24) is 4.57 Å². The number of hydrogen-bond acceptors (Lipinski definition) is 2. The highest BCUT2D eigenvalue weighted by molar-refractivity contribution is 5.51. The molecule has 0 radical (unpaired) electrons. The van der Waals surface area contributed by atoms with E-state index in [9.17, 15) is 5.26 Å². The minimum Gasteiger partial charge on any atom is -0.397 e. The largest absolute Gasteiger partial charge is 0.397 e. The van der Waals surface area contributed by atoms with Crippen molar-refractivity contribution in [2.45, 2.75) is 33.7 Å². The summed E-state index contributed by atoms with van der Waals surface area (Å²) >= 11 is 0. The van der Waals surface area contributed by atoms with Crippen LogP contribution in [-0.2, 0) is 13.0 Å². The van der Waals surface area contributed by atoms with E-state index >= 15 is 0 Å². The van der Waals surface area contributed by atoms with Gasteiger partial charge in [-0.1, -0.05) is 43.7 Å². The van der Waals surface area contributed by atoms with Crippen LogP contribution in [0.5, 0.6) is 0 Å². The number of aryl methyl sites for hydroxylation is 1. The average Bonchev–Trinajstić information content (AvgIpc) is 2.66. The van der Waals surface area contributed by atoms with Crippen LogP contribution in [-0.4, -0.2) is 4.57 Å². The van der Waals surface area contributed by atoms with Crippen molar-refractivity contribution in [3.8, 4) is 6.07 Å². The number of aromatic nitrogens is 1. The number of nitriles is 1. The van der Waals surface area contributed by atoms with E-state index in [4.69, 9.17) is 5.73 Å². The Morgan fingerprint density at radius 2 is 2.05 bits per heavy atom. The van der Waals surface area contributed by atoms with Gasteiger partial charge in [-0.25, -0.2) is 0 Å². The molecule has 0 aliphatic rings. The first-order valence-electron chi connectivity index (χ1n) is 6.94. The molecule has 1 heterocycles. The molecule has 0 atom stereocenters. The molecule has 0 saturated heterocycles. The van der Waals surface area contributed by atoms with Crippen LogP contribution in [0.3, 0.4) is 0 Å². The van der Waals surface area contributed by atoms with Crippen molar-refractivity contribution >= 4 is 5.69 Å². The Hall–Kier alpha value is -2.21. The van der Waals surface area contributed by atoms with Gasteiger partial charge in [0.05, 0.1) is 5.69 Å². The maximum absolute atomic E-state index is 9.30. The first-order chi connectivity index (χ1) is 9.51. The molecule has 2 N–H and O–H groups in total. The van der Waals surface area contributed by atoms with Gasteiger partial charge in [0.2, 0.25) is 0 Å². The molecule has 3 nitrogen and oxygen atoms in total. The third-order valence-corrected chi connectivity index (χ3v) is 3.38. The van der Waals surface area contributed by atoms with Crippen molar-refractivity contribution < 1.29 is 0 Å². The highest BCUT2D eigenvalue weighted by Crippen LogP contribution is 2.23. The van der Waals surface area contributed by atoms with Crippen LogP contribution in [0.15, 0.2) is 30.3 Å². The summed E-state index contributed by atoms with van der Waals surface area (Å²) in [5.74, 6) is 0.509. The summed E-state index contributed by atoms with van der Waals surface area (Å²) in [6.07, 6.45) is 0.888. The zero-order valence-corrected chi connectivity index (χ0v) is 12.4. The average molecular weight is 267 g/mol. The lowest BCUT2D eigenvalue weighted by atomic mass is 10.1. The number of anilines is 1. The van der Waals surface area contributed by atoms with Crippen LogP contribution in [0, 0.1) is 24.2 Å². The highest BCUT2D eigenvalue weighted by atomic mass is 15.0. The Morgan fingerprint density at radius 3 is 2.65 bits per heavy atom. The molecule has 0 fully saturated rings. The Kier molecular flexibility index (Phi) is 4.14. The van der Waals surface area contributed by atoms with E-state index in [1.807, 2.05) is 10.6 Å². The van der Waals surface area contributed by atoms with Gasteiger partial charge < -0.3 is 10.3 Å². The number of hydrogen-bond donors (Lipinski definition) is 1. The maximum Gasteiger partial charge on any atom is 0.122 e. The lowest BCUT2D eigenvalue weighted by Crippen LogP contribution is -2.10. The van der Waals surface area contributed by atoms with Crippen molar-refractivity contribution in [2.75, 3.05) is 5.73 Å². The van der Waals surface area contributed by atoms with E-state index in [2.05, 4.69) is 45.0 Å². The maximum atomic E-state index is 9.30. The van der Waals surface area contributed by atoms with Crippen LogP contribution < -0.4 is 5.73 Å². The van der Waals surface area contributed by atoms with Gasteiger partial charge in [-0.2, -0.15) is 5.26 Å².